The first-order valence-electron chi connectivity index (χ1n) is 7.54. The van der Waals surface area contributed by atoms with E-state index < -0.39 is 29.2 Å². The lowest BCUT2D eigenvalue weighted by molar-refractivity contribution is -0.117. The van der Waals surface area contributed by atoms with Gasteiger partial charge in [0.2, 0.25) is 11.7 Å². The zero-order valence-corrected chi connectivity index (χ0v) is 13.5. The molecule has 130 valence electrons. The number of anilines is 1. The van der Waals surface area contributed by atoms with Crippen LogP contribution in [0.1, 0.15) is 10.5 Å². The molecule has 26 heavy (non-hydrogen) atoms. The fourth-order valence-corrected chi connectivity index (χ4v) is 2.54. The van der Waals surface area contributed by atoms with Crippen LogP contribution in [-0.2, 0) is 11.8 Å². The number of aryl methyl sites for hydroxylation is 1. The predicted octanol–water partition coefficient (Wildman–Crippen LogP) is 2.81. The Bertz CT molecular complexity index is 1050. The molecule has 0 aliphatic rings. The average Bonchev–Trinajstić information content (AvgIpc) is 2.93. The quantitative estimate of drug-likeness (QED) is 0.576. The van der Waals surface area contributed by atoms with Gasteiger partial charge in [0.15, 0.2) is 17.6 Å². The van der Waals surface area contributed by atoms with Crippen LogP contribution in [0.2, 0.25) is 0 Å². The number of hydrogen-bond donors (Lipinski definition) is 1. The number of amides is 1. The lowest BCUT2D eigenvalue weighted by atomic mass is 9.99. The maximum Gasteiger partial charge on any atom is 0.249 e. The molecular formula is C18H12F2N4O2. The van der Waals surface area contributed by atoms with E-state index in [-0.39, 0.29) is 16.6 Å². The van der Waals surface area contributed by atoms with E-state index in [0.717, 1.165) is 12.1 Å². The number of aromatic nitrogens is 2. The van der Waals surface area contributed by atoms with Crippen molar-refractivity contribution in [2.24, 2.45) is 13.0 Å². The van der Waals surface area contributed by atoms with Gasteiger partial charge in [-0.2, -0.15) is 10.4 Å². The largest absolute Gasteiger partial charge is 0.325 e. The van der Waals surface area contributed by atoms with E-state index in [4.69, 9.17) is 0 Å². The minimum absolute atomic E-state index is 0.0316. The van der Waals surface area contributed by atoms with Crippen molar-refractivity contribution in [3.63, 3.8) is 0 Å². The third-order valence-corrected chi connectivity index (χ3v) is 3.82. The molecule has 1 unspecified atom stereocenters. The molecule has 0 saturated carbocycles. The van der Waals surface area contributed by atoms with Crippen molar-refractivity contribution in [3.05, 3.63) is 59.8 Å². The molecule has 6 nitrogen and oxygen atoms in total. The van der Waals surface area contributed by atoms with Crippen molar-refractivity contribution in [2.45, 2.75) is 0 Å². The first-order chi connectivity index (χ1) is 12.4. The van der Waals surface area contributed by atoms with E-state index in [0.29, 0.717) is 5.69 Å². The summed E-state index contributed by atoms with van der Waals surface area (Å²) in [5.74, 6) is -5.64. The van der Waals surface area contributed by atoms with Crippen LogP contribution in [0.5, 0.6) is 0 Å². The summed E-state index contributed by atoms with van der Waals surface area (Å²) in [6.45, 7) is 0. The second kappa shape index (κ2) is 6.72. The number of halogens is 2. The molecule has 2 aromatic carbocycles. The van der Waals surface area contributed by atoms with Crippen LogP contribution in [0.4, 0.5) is 14.5 Å². The number of rotatable bonds is 4. The summed E-state index contributed by atoms with van der Waals surface area (Å²) in [6, 6.07) is 11.7. The fraction of sp³-hybridized carbons (Fsp3) is 0.111. The van der Waals surface area contributed by atoms with Gasteiger partial charge < -0.3 is 5.32 Å². The van der Waals surface area contributed by atoms with Gasteiger partial charge in [-0.3, -0.25) is 14.3 Å². The number of para-hydroxylation sites is 1. The van der Waals surface area contributed by atoms with Gasteiger partial charge in [0.05, 0.1) is 11.6 Å². The van der Waals surface area contributed by atoms with Gasteiger partial charge in [-0.05, 0) is 18.2 Å². The Balaban J connectivity index is 1.97. The summed E-state index contributed by atoms with van der Waals surface area (Å²) in [6.07, 6.45) is 0. The highest BCUT2D eigenvalue weighted by Crippen LogP contribution is 2.24. The van der Waals surface area contributed by atoms with Crippen LogP contribution in [0, 0.1) is 28.9 Å². The van der Waals surface area contributed by atoms with Crippen molar-refractivity contribution in [1.82, 2.24) is 9.78 Å². The summed E-state index contributed by atoms with van der Waals surface area (Å²) in [4.78, 5) is 25.0. The Hall–Kier alpha value is -3.60. The molecule has 0 radical (unpaired) electrons. The predicted molar refractivity (Wildman–Crippen MR) is 89.1 cm³/mol. The second-order valence-corrected chi connectivity index (χ2v) is 5.54. The average molecular weight is 354 g/mol. The number of nitrogens with zero attached hydrogens (tertiary/aromatic N) is 3. The lowest BCUT2D eigenvalue weighted by Gasteiger charge is -2.08. The van der Waals surface area contributed by atoms with Crippen molar-refractivity contribution < 1.29 is 18.4 Å². The minimum atomic E-state index is -1.68. The van der Waals surface area contributed by atoms with E-state index in [1.54, 1.807) is 36.4 Å². The Morgan fingerprint density at radius 1 is 1.19 bits per heavy atom. The number of hydrogen-bond acceptors (Lipinski definition) is 4. The van der Waals surface area contributed by atoms with Crippen LogP contribution >= 0.6 is 0 Å². The van der Waals surface area contributed by atoms with Crippen LogP contribution in [0.15, 0.2) is 42.5 Å². The fourth-order valence-electron chi connectivity index (χ4n) is 2.54. The first kappa shape index (κ1) is 17.2. The SMILES string of the molecule is Cn1nc(C(=O)C(C#N)C(=O)Nc2ccccc2)c2cc(F)c(F)cc21. The topological polar surface area (TPSA) is 87.8 Å². The molecule has 1 amide bonds. The monoisotopic (exact) mass is 354 g/mol. The van der Waals surface area contributed by atoms with Crippen LogP contribution in [-0.4, -0.2) is 21.5 Å². The van der Waals surface area contributed by atoms with Gasteiger partial charge in [-0.25, -0.2) is 8.78 Å². The highest BCUT2D eigenvalue weighted by Gasteiger charge is 2.31. The van der Waals surface area contributed by atoms with E-state index >= 15 is 0 Å². The van der Waals surface area contributed by atoms with Gasteiger partial charge in [-0.15, -0.1) is 0 Å². The number of benzene rings is 2. The van der Waals surface area contributed by atoms with Crippen LogP contribution < -0.4 is 5.32 Å². The molecule has 8 heteroatoms. The van der Waals surface area contributed by atoms with Crippen molar-refractivity contribution in [1.29, 1.82) is 5.26 Å². The van der Waals surface area contributed by atoms with Crippen molar-refractivity contribution in [3.8, 4) is 6.07 Å². The number of nitriles is 1. The molecule has 0 bridgehead atoms. The molecule has 0 fully saturated rings. The molecule has 0 saturated heterocycles. The highest BCUT2D eigenvalue weighted by atomic mass is 19.2. The molecule has 0 spiro atoms. The van der Waals surface area contributed by atoms with Gasteiger partial charge in [-0.1, -0.05) is 18.2 Å². The summed E-state index contributed by atoms with van der Waals surface area (Å²) in [5.41, 5.74) is 0.327. The van der Waals surface area contributed by atoms with Gasteiger partial charge >= 0.3 is 0 Å². The lowest BCUT2D eigenvalue weighted by Crippen LogP contribution is -2.29. The maximum absolute atomic E-state index is 13.6. The summed E-state index contributed by atoms with van der Waals surface area (Å²) in [7, 11) is 1.45. The van der Waals surface area contributed by atoms with Crippen LogP contribution in [0.3, 0.4) is 0 Å². The Morgan fingerprint density at radius 2 is 1.85 bits per heavy atom. The number of fused-ring (bicyclic) bond motifs is 1. The van der Waals surface area contributed by atoms with E-state index in [1.807, 2.05) is 0 Å². The Labute approximate surface area is 146 Å². The normalized spacial score (nSPS) is 11.8. The smallest absolute Gasteiger partial charge is 0.249 e. The van der Waals surface area contributed by atoms with Crippen LogP contribution in [0.25, 0.3) is 10.9 Å². The Kier molecular flexibility index (Phi) is 4.45. The summed E-state index contributed by atoms with van der Waals surface area (Å²) in [5, 5.41) is 15.7. The first-order valence-corrected chi connectivity index (χ1v) is 7.54. The minimum Gasteiger partial charge on any atom is -0.325 e. The van der Waals surface area contributed by atoms with Gasteiger partial charge in [0.25, 0.3) is 0 Å². The molecular weight excluding hydrogens is 342 g/mol. The van der Waals surface area contributed by atoms with E-state index in [2.05, 4.69) is 10.4 Å². The molecule has 0 aliphatic heterocycles. The molecule has 1 atom stereocenters. The number of nitrogens with one attached hydrogen (secondary N) is 1. The van der Waals surface area contributed by atoms with Crippen molar-refractivity contribution >= 4 is 28.3 Å². The van der Waals surface area contributed by atoms with Gasteiger partial charge in [0.1, 0.15) is 5.69 Å². The zero-order valence-electron chi connectivity index (χ0n) is 13.5. The number of ketones is 1. The number of carbonyl (C=O) groups is 2. The summed E-state index contributed by atoms with van der Waals surface area (Å²) < 4.78 is 28.2. The molecule has 3 rings (SSSR count). The zero-order chi connectivity index (χ0) is 18.8. The Morgan fingerprint density at radius 3 is 2.50 bits per heavy atom. The molecule has 0 aliphatic carbocycles. The summed E-state index contributed by atoms with van der Waals surface area (Å²) >= 11 is 0. The molecule has 1 heterocycles. The number of Topliss-reactive ketones (excluding diaryl/α,β-unsaturated/α-hetero) is 1. The number of carbonyl (C=O) groups excluding carboxylic acids is 2. The third kappa shape index (κ3) is 3.02. The maximum atomic E-state index is 13.6. The molecule has 3 aromatic rings. The second-order valence-electron chi connectivity index (χ2n) is 5.54. The molecule has 1 aromatic heterocycles. The van der Waals surface area contributed by atoms with E-state index in [9.17, 15) is 23.6 Å². The third-order valence-electron chi connectivity index (χ3n) is 3.82. The molecule has 1 N–H and O–H groups in total. The highest BCUT2D eigenvalue weighted by molar-refractivity contribution is 6.18. The van der Waals surface area contributed by atoms with Gasteiger partial charge in [0, 0.05) is 24.2 Å². The standard InChI is InChI=1S/C18H12F2N4O2/c1-24-15-8-14(20)13(19)7-11(15)16(23-24)17(25)12(9-21)18(26)22-10-5-3-2-4-6-10/h2-8,12H,1H3,(H,22,26). The van der Waals surface area contributed by atoms with Crippen molar-refractivity contribution in [2.75, 3.05) is 5.32 Å². The van der Waals surface area contributed by atoms with E-state index in [1.165, 1.54) is 11.7 Å².